The first kappa shape index (κ1) is 23.3. The van der Waals surface area contributed by atoms with Crippen molar-refractivity contribution in [3.8, 4) is 11.7 Å². The lowest BCUT2D eigenvalue weighted by Crippen LogP contribution is -2.26. The minimum absolute atomic E-state index is 0.111. The van der Waals surface area contributed by atoms with Crippen LogP contribution in [-0.2, 0) is 0 Å². The van der Waals surface area contributed by atoms with Crippen LogP contribution < -0.4 is 15.4 Å². The summed E-state index contributed by atoms with van der Waals surface area (Å²) in [7, 11) is 0. The first-order valence-corrected chi connectivity index (χ1v) is 10.5. The average molecular weight is 474 g/mol. The number of benzene rings is 1. The molecular formula is C22H21Cl2N5O3. The largest absolute Gasteiger partial charge is 0.472 e. The van der Waals surface area contributed by atoms with Crippen LogP contribution in [0.15, 0.2) is 55.3 Å². The molecule has 0 spiro atoms. The number of pyridine rings is 1. The summed E-state index contributed by atoms with van der Waals surface area (Å²) in [4.78, 5) is 30.0. The Kier molecular flexibility index (Phi) is 7.86. The van der Waals surface area contributed by atoms with E-state index in [1.165, 1.54) is 23.0 Å². The molecule has 32 heavy (non-hydrogen) atoms. The minimum Gasteiger partial charge on any atom is -0.472 e. The Morgan fingerprint density at radius 3 is 2.75 bits per heavy atom. The summed E-state index contributed by atoms with van der Waals surface area (Å²) in [6.07, 6.45) is 3.86. The second-order valence-electron chi connectivity index (χ2n) is 6.59. The van der Waals surface area contributed by atoms with Gasteiger partial charge in [0.1, 0.15) is 12.3 Å². The smallest absolute Gasteiger partial charge is 0.274 e. The second-order valence-corrected chi connectivity index (χ2v) is 7.43. The molecule has 3 aromatic rings. The average Bonchev–Trinajstić information content (AvgIpc) is 3.21. The molecule has 0 atom stereocenters. The lowest BCUT2D eigenvalue weighted by atomic mass is 10.1. The molecule has 0 aliphatic rings. The van der Waals surface area contributed by atoms with E-state index in [4.69, 9.17) is 27.9 Å². The maximum absolute atomic E-state index is 13.2. The van der Waals surface area contributed by atoms with Crippen LogP contribution in [-0.4, -0.2) is 39.7 Å². The first-order valence-electron chi connectivity index (χ1n) is 9.78. The highest BCUT2D eigenvalue weighted by molar-refractivity contribution is 6.32. The number of hydrogen-bond acceptors (Lipinski definition) is 5. The Morgan fingerprint density at radius 1 is 1.22 bits per heavy atom. The van der Waals surface area contributed by atoms with Gasteiger partial charge in [-0.1, -0.05) is 42.8 Å². The molecule has 0 aliphatic heterocycles. The van der Waals surface area contributed by atoms with Crippen LogP contribution in [0.2, 0.25) is 10.0 Å². The van der Waals surface area contributed by atoms with Gasteiger partial charge in [0.05, 0.1) is 16.3 Å². The number of nitrogens with zero attached hydrogens (tertiary/aromatic N) is 3. The number of anilines is 1. The van der Waals surface area contributed by atoms with Gasteiger partial charge >= 0.3 is 0 Å². The Hall–Kier alpha value is -3.36. The van der Waals surface area contributed by atoms with Crippen molar-refractivity contribution < 1.29 is 14.3 Å². The van der Waals surface area contributed by atoms with Crippen molar-refractivity contribution in [2.24, 2.45) is 0 Å². The lowest BCUT2D eigenvalue weighted by molar-refractivity contribution is 0.0954. The quantitative estimate of drug-likeness (QED) is 0.444. The van der Waals surface area contributed by atoms with E-state index in [0.29, 0.717) is 22.3 Å². The van der Waals surface area contributed by atoms with Gasteiger partial charge in [-0.25, -0.2) is 9.67 Å². The van der Waals surface area contributed by atoms with E-state index in [-0.39, 0.29) is 35.5 Å². The first-order chi connectivity index (χ1) is 15.4. The number of ether oxygens (including phenoxy) is 1. The van der Waals surface area contributed by atoms with Gasteiger partial charge in [-0.05, 0) is 36.8 Å². The Morgan fingerprint density at radius 2 is 2.03 bits per heavy atom. The van der Waals surface area contributed by atoms with Crippen LogP contribution in [0, 0.1) is 0 Å². The van der Waals surface area contributed by atoms with Crippen molar-refractivity contribution in [2.75, 3.05) is 18.5 Å². The molecule has 2 heterocycles. The third-order valence-electron chi connectivity index (χ3n) is 4.22. The normalized spacial score (nSPS) is 10.5. The van der Waals surface area contributed by atoms with Crippen LogP contribution in [0.3, 0.4) is 0 Å². The molecule has 10 heteroatoms. The molecule has 0 unspecified atom stereocenters. The fraction of sp³-hybridized carbons (Fsp3) is 0.182. The van der Waals surface area contributed by atoms with E-state index in [1.807, 2.05) is 6.92 Å². The summed E-state index contributed by atoms with van der Waals surface area (Å²) < 4.78 is 6.76. The van der Waals surface area contributed by atoms with Gasteiger partial charge in [0.15, 0.2) is 5.82 Å². The summed E-state index contributed by atoms with van der Waals surface area (Å²) in [5.74, 6) is -0.445. The van der Waals surface area contributed by atoms with Crippen molar-refractivity contribution >= 4 is 40.7 Å². The maximum atomic E-state index is 13.2. The highest BCUT2D eigenvalue weighted by Crippen LogP contribution is 2.25. The van der Waals surface area contributed by atoms with Gasteiger partial charge in [0.25, 0.3) is 11.8 Å². The van der Waals surface area contributed by atoms with Gasteiger partial charge in [-0.2, -0.15) is 0 Å². The highest BCUT2D eigenvalue weighted by Gasteiger charge is 2.22. The number of carbonyl (C=O) groups is 2. The third-order valence-corrected chi connectivity index (χ3v) is 4.75. The Balaban J connectivity index is 1.98. The SMILES string of the molecule is C=CCOc1cc(C(=O)Nc2ccc(Cl)cc2C(=O)NCCC)n(-c2ncccc2Cl)n1. The van der Waals surface area contributed by atoms with Crippen molar-refractivity contribution in [1.29, 1.82) is 0 Å². The summed E-state index contributed by atoms with van der Waals surface area (Å²) in [6.45, 7) is 6.24. The predicted molar refractivity (Wildman–Crippen MR) is 124 cm³/mol. The summed E-state index contributed by atoms with van der Waals surface area (Å²) in [5.41, 5.74) is 0.644. The van der Waals surface area contributed by atoms with Crippen LogP contribution in [0.4, 0.5) is 5.69 Å². The number of aromatic nitrogens is 3. The zero-order chi connectivity index (χ0) is 23.1. The molecule has 2 N–H and O–H groups in total. The van der Waals surface area contributed by atoms with Crippen LogP contribution in [0.25, 0.3) is 5.82 Å². The number of hydrogen-bond donors (Lipinski definition) is 2. The topological polar surface area (TPSA) is 98.1 Å². The lowest BCUT2D eigenvalue weighted by Gasteiger charge is -2.12. The van der Waals surface area contributed by atoms with Gasteiger partial charge in [0, 0.05) is 23.8 Å². The van der Waals surface area contributed by atoms with Gasteiger partial charge in [-0.3, -0.25) is 9.59 Å². The Bertz CT molecular complexity index is 1150. The third kappa shape index (κ3) is 5.46. The van der Waals surface area contributed by atoms with E-state index in [9.17, 15) is 9.59 Å². The van der Waals surface area contributed by atoms with E-state index < -0.39 is 5.91 Å². The summed E-state index contributed by atoms with van der Waals surface area (Å²) >= 11 is 12.3. The van der Waals surface area contributed by atoms with E-state index >= 15 is 0 Å². The fourth-order valence-electron chi connectivity index (χ4n) is 2.76. The van der Waals surface area contributed by atoms with Crippen molar-refractivity contribution in [1.82, 2.24) is 20.1 Å². The molecular weight excluding hydrogens is 453 g/mol. The number of nitrogens with one attached hydrogen (secondary N) is 2. The zero-order valence-corrected chi connectivity index (χ0v) is 18.8. The van der Waals surface area contributed by atoms with Crippen LogP contribution in [0.1, 0.15) is 34.2 Å². The maximum Gasteiger partial charge on any atom is 0.274 e. The van der Waals surface area contributed by atoms with E-state index in [2.05, 4.69) is 27.3 Å². The summed E-state index contributed by atoms with van der Waals surface area (Å²) in [5, 5.41) is 10.5. The van der Waals surface area contributed by atoms with Crippen molar-refractivity contribution in [2.45, 2.75) is 13.3 Å². The molecule has 166 valence electrons. The molecule has 0 radical (unpaired) electrons. The van der Waals surface area contributed by atoms with Crippen molar-refractivity contribution in [3.63, 3.8) is 0 Å². The number of amides is 2. The fourth-order valence-corrected chi connectivity index (χ4v) is 3.14. The molecule has 0 aliphatic carbocycles. The Labute approximate surface area is 195 Å². The standard InChI is InChI=1S/C22H21Cl2N5O3/c1-3-9-26-21(30)15-12-14(23)7-8-17(15)27-22(31)18-13-19(32-11-4-2)28-29(18)20-16(24)6-5-10-25-20/h4-8,10,12-13H,2-3,9,11H2,1H3,(H,26,30)(H,27,31). The number of rotatable bonds is 9. The van der Waals surface area contributed by atoms with Gasteiger partial charge in [-0.15, -0.1) is 5.10 Å². The van der Waals surface area contributed by atoms with Gasteiger partial charge < -0.3 is 15.4 Å². The molecule has 2 aromatic heterocycles. The van der Waals surface area contributed by atoms with Crippen LogP contribution in [0.5, 0.6) is 5.88 Å². The molecule has 2 amide bonds. The molecule has 3 rings (SSSR count). The van der Waals surface area contributed by atoms with Crippen molar-refractivity contribution in [3.05, 3.63) is 76.6 Å². The monoisotopic (exact) mass is 473 g/mol. The van der Waals surface area contributed by atoms with Gasteiger partial charge in [0.2, 0.25) is 5.88 Å². The van der Waals surface area contributed by atoms with Crippen LogP contribution >= 0.6 is 23.2 Å². The zero-order valence-electron chi connectivity index (χ0n) is 17.3. The molecule has 8 nitrogen and oxygen atoms in total. The molecule has 0 saturated heterocycles. The number of carbonyl (C=O) groups excluding carboxylic acids is 2. The molecule has 0 bridgehead atoms. The second kappa shape index (κ2) is 10.8. The van der Waals surface area contributed by atoms with E-state index in [0.717, 1.165) is 6.42 Å². The van der Waals surface area contributed by atoms with E-state index in [1.54, 1.807) is 30.3 Å². The summed E-state index contributed by atoms with van der Waals surface area (Å²) in [6, 6.07) is 9.39. The highest BCUT2D eigenvalue weighted by atomic mass is 35.5. The predicted octanol–water partition coefficient (Wildman–Crippen LogP) is 4.53. The molecule has 0 saturated carbocycles. The minimum atomic E-state index is -0.542. The number of halogens is 2. The molecule has 1 aromatic carbocycles. The molecule has 0 fully saturated rings.